The molecule has 0 saturated heterocycles. The number of hydrogen-bond acceptors (Lipinski definition) is 10. The molecule has 0 fully saturated rings. The van der Waals surface area contributed by atoms with E-state index in [-0.39, 0.29) is 0 Å². The van der Waals surface area contributed by atoms with Gasteiger partial charge in [-0.2, -0.15) is 0 Å². The topological polar surface area (TPSA) is 131 Å². The molecule has 9 aromatic heterocycles. The lowest BCUT2D eigenvalue weighted by Gasteiger charge is -2.12. The zero-order valence-electron chi connectivity index (χ0n) is 77.5. The Morgan fingerprint density at radius 3 is 1.06 bits per heavy atom. The highest BCUT2D eigenvalue weighted by Gasteiger charge is 2.24. The fraction of sp³-hybridized carbons (Fsp3) is 0. The number of furan rings is 2. The molecular formula is C131H82N10O2S. The van der Waals surface area contributed by atoms with Crippen LogP contribution < -0.4 is 0 Å². The average Bonchev–Trinajstić information content (AvgIpc) is 1.58. The summed E-state index contributed by atoms with van der Waals surface area (Å²) in [4.78, 5) is 35.8. The molecule has 0 unspecified atom stereocenters. The Morgan fingerprint density at radius 1 is 0.160 bits per heavy atom. The molecule has 13 heteroatoms. The molecule has 0 saturated carbocycles. The molecular weight excluding hydrogens is 1780 g/mol. The molecule has 29 rings (SSSR count). The van der Waals surface area contributed by atoms with Gasteiger partial charge in [0.05, 0.1) is 55.9 Å². The fourth-order valence-electron chi connectivity index (χ4n) is 20.7. The smallest absolute Gasteiger partial charge is 0.164 e. The van der Waals surface area contributed by atoms with Gasteiger partial charge < -0.3 is 22.5 Å². The Morgan fingerprint density at radius 2 is 0.486 bits per heavy atom. The van der Waals surface area contributed by atoms with E-state index in [1.165, 1.54) is 91.2 Å². The van der Waals surface area contributed by atoms with Gasteiger partial charge in [0.2, 0.25) is 0 Å². The van der Waals surface area contributed by atoms with E-state index in [1.54, 1.807) is 11.3 Å². The quantitative estimate of drug-likeness (QED) is 0.104. The minimum absolute atomic E-state index is 0.644. The monoisotopic (exact) mass is 1860 g/mol. The predicted octanol–water partition coefficient (Wildman–Crippen LogP) is 34.6. The lowest BCUT2D eigenvalue weighted by molar-refractivity contribution is 0.668. The van der Waals surface area contributed by atoms with Gasteiger partial charge >= 0.3 is 0 Å². The van der Waals surface area contributed by atoms with Crippen LogP contribution in [0.25, 0.3) is 271 Å². The Bertz CT molecular complexity index is 10000. The van der Waals surface area contributed by atoms with E-state index in [0.717, 1.165) is 150 Å². The van der Waals surface area contributed by atoms with E-state index in [9.17, 15) is 0 Å². The summed E-state index contributed by atoms with van der Waals surface area (Å²) < 4.78 is 22.0. The lowest BCUT2D eigenvalue weighted by atomic mass is 9.97. The van der Waals surface area contributed by atoms with Crippen molar-refractivity contribution in [2.24, 2.45) is 0 Å². The summed E-state index contributed by atoms with van der Waals surface area (Å²) in [6.45, 7) is 0. The van der Waals surface area contributed by atoms with Crippen LogP contribution >= 0.6 is 11.3 Å². The number of benzene rings is 20. The maximum absolute atomic E-state index is 6.26. The molecule has 0 aliphatic carbocycles. The molecule has 0 aliphatic rings. The van der Waals surface area contributed by atoms with Crippen LogP contribution in [0.15, 0.2) is 506 Å². The number of fused-ring (bicyclic) bond motifs is 18. The van der Waals surface area contributed by atoms with Crippen LogP contribution in [0, 0.1) is 0 Å². The van der Waals surface area contributed by atoms with Crippen LogP contribution in [0.4, 0.5) is 0 Å². The molecule has 674 valence electrons. The van der Waals surface area contributed by atoms with Gasteiger partial charge in [-0.1, -0.05) is 358 Å². The molecule has 0 N–H and O–H groups in total. The zero-order chi connectivity index (χ0) is 95.1. The van der Waals surface area contributed by atoms with Gasteiger partial charge in [0.25, 0.3) is 0 Å². The first-order valence-corrected chi connectivity index (χ1v) is 49.1. The van der Waals surface area contributed by atoms with Crippen molar-refractivity contribution in [1.82, 2.24) is 48.6 Å². The number of thiophene rings is 1. The molecule has 0 spiro atoms. The number of rotatable bonds is 14. The van der Waals surface area contributed by atoms with E-state index in [4.69, 9.17) is 43.7 Å². The van der Waals surface area contributed by atoms with E-state index in [0.29, 0.717) is 29.1 Å². The largest absolute Gasteiger partial charge is 0.456 e. The highest BCUT2D eigenvalue weighted by Crippen LogP contribution is 2.45. The second-order valence-electron chi connectivity index (χ2n) is 36.1. The molecule has 29 aromatic rings. The van der Waals surface area contributed by atoms with Crippen molar-refractivity contribution in [3.63, 3.8) is 0 Å². The van der Waals surface area contributed by atoms with Gasteiger partial charge in [-0.05, 0) is 162 Å². The number of aromatic nitrogens is 10. The van der Waals surface area contributed by atoms with E-state index >= 15 is 0 Å². The van der Waals surface area contributed by atoms with Gasteiger partial charge in [0, 0.05) is 141 Å². The zero-order valence-corrected chi connectivity index (χ0v) is 78.4. The van der Waals surface area contributed by atoms with Gasteiger partial charge in [-0.15, -0.1) is 11.3 Å². The van der Waals surface area contributed by atoms with Gasteiger partial charge in [-0.25, -0.2) is 34.9 Å². The first-order chi connectivity index (χ1) is 71.3. The van der Waals surface area contributed by atoms with Gasteiger partial charge in [0.1, 0.15) is 22.3 Å². The van der Waals surface area contributed by atoms with Crippen molar-refractivity contribution in [2.45, 2.75) is 0 Å². The minimum Gasteiger partial charge on any atom is -0.456 e. The Kier molecular flexibility index (Phi) is 20.8. The third-order valence-corrected chi connectivity index (χ3v) is 28.6. The van der Waals surface area contributed by atoms with Crippen LogP contribution in [0.1, 0.15) is 0 Å². The molecule has 0 atom stereocenters. The lowest BCUT2D eigenvalue weighted by Crippen LogP contribution is -2.00. The normalized spacial score (nSPS) is 11.6. The summed E-state index contributed by atoms with van der Waals surface area (Å²) in [5, 5.41) is 14.3. The van der Waals surface area contributed by atoms with Gasteiger partial charge in [-0.3, -0.25) is 0 Å². The molecule has 0 aliphatic heterocycles. The Labute approximate surface area is 831 Å². The van der Waals surface area contributed by atoms with E-state index in [2.05, 4.69) is 420 Å². The number of nitrogens with zero attached hydrogens (tertiary/aromatic N) is 10. The second-order valence-corrected chi connectivity index (χ2v) is 37.2. The highest BCUT2D eigenvalue weighted by atomic mass is 32.1. The summed E-state index contributed by atoms with van der Waals surface area (Å²) in [5.74, 6) is 3.28. The van der Waals surface area contributed by atoms with Crippen LogP contribution in [-0.4, -0.2) is 48.6 Å². The number of hydrogen-bond donors (Lipinski definition) is 0. The van der Waals surface area contributed by atoms with Crippen molar-refractivity contribution in [2.75, 3.05) is 0 Å². The van der Waals surface area contributed by atoms with Crippen molar-refractivity contribution < 1.29 is 8.83 Å². The second kappa shape index (κ2) is 35.7. The average molecular weight is 1860 g/mol. The predicted molar refractivity (Wildman–Crippen MR) is 594 cm³/mol. The van der Waals surface area contributed by atoms with Crippen molar-refractivity contribution in [3.8, 4) is 141 Å². The molecule has 0 radical (unpaired) electrons. The molecule has 0 amide bonds. The Balaban J connectivity index is 0.000000108. The fourth-order valence-corrected chi connectivity index (χ4v) is 21.9. The van der Waals surface area contributed by atoms with Crippen molar-refractivity contribution in [3.05, 3.63) is 497 Å². The van der Waals surface area contributed by atoms with Crippen molar-refractivity contribution in [1.29, 1.82) is 0 Å². The summed E-state index contributed by atoms with van der Waals surface area (Å²) in [6.07, 6.45) is 0. The van der Waals surface area contributed by atoms with E-state index in [1.807, 2.05) is 91.0 Å². The van der Waals surface area contributed by atoms with Crippen LogP contribution in [0.5, 0.6) is 0 Å². The van der Waals surface area contributed by atoms with Gasteiger partial charge in [0.15, 0.2) is 29.1 Å². The summed E-state index contributed by atoms with van der Waals surface area (Å²) in [5.41, 5.74) is 30.6. The first kappa shape index (κ1) is 84.1. The third-order valence-electron chi connectivity index (χ3n) is 27.5. The molecule has 144 heavy (non-hydrogen) atoms. The minimum atomic E-state index is 0.644. The standard InChI is InChI=1S/C46H29N3O.C45H28N4S.C40H25N3O/c1-3-12-30(13-4-1)32-22-24-37-36-18-7-9-20-42(36)49(43(37)27-32)35-17-11-16-34(26-35)46-47-40(31-14-5-2-6-15-31)29-41(48-46)33-23-25-39-38-19-8-10-21-44(38)50-45(39)28-33;1-3-13-29(14-4-1)43-46-44(48-45(47-43)32-25-26-36-35-19-8-10-24-40(35)50-41(36)28-32)31-16-11-15-30(27-31)34-21-12-23-39-42(34)37-20-7-9-22-38(37)49(39)33-17-5-2-6-18-33;1-2-11-26(12-3-1)34-25-35(42-40(41-34)28-21-22-33-32-17-6-9-20-38(32)44-39(33)24-28)27-13-10-14-29(23-27)43-36-18-7-4-15-30(36)31-16-5-8-19-37(31)43/h1-29H;1-28H;1-25H. The first-order valence-electron chi connectivity index (χ1n) is 48.3. The summed E-state index contributed by atoms with van der Waals surface area (Å²) >= 11 is 1.80. The van der Waals surface area contributed by atoms with Crippen LogP contribution in [-0.2, 0) is 0 Å². The van der Waals surface area contributed by atoms with E-state index < -0.39 is 0 Å². The number of para-hydroxylation sites is 7. The summed E-state index contributed by atoms with van der Waals surface area (Å²) in [7, 11) is 0. The summed E-state index contributed by atoms with van der Waals surface area (Å²) in [6, 6.07) is 174. The SMILES string of the molecule is c1ccc(-c2cc(-c3cccc(-n4c5ccccc5c5ccccc54)c3)nc(-c3ccc4c(c3)oc3ccccc34)n2)cc1.c1ccc(-c2ccc3c4ccccc4n(-c4cccc(-c5nc(-c6ccccc6)cc(-c6ccc7c(c6)oc6ccccc67)n5)c4)c3c2)cc1.c1ccc(-c2nc(-c3cccc(-c4cccc5c4c4ccccc4n5-c4ccccc4)c3)nc(-c3ccc4c(c3)sc3ccccc34)n2)cc1. The maximum atomic E-state index is 6.26. The molecule has 9 heterocycles. The molecule has 20 aromatic carbocycles. The Hall–Kier alpha value is -19.2. The van der Waals surface area contributed by atoms with Crippen LogP contribution in [0.3, 0.4) is 0 Å². The van der Waals surface area contributed by atoms with Crippen molar-refractivity contribution >= 4 is 141 Å². The van der Waals surface area contributed by atoms with Crippen LogP contribution in [0.2, 0.25) is 0 Å². The molecule has 12 nitrogen and oxygen atoms in total. The maximum Gasteiger partial charge on any atom is 0.164 e. The highest BCUT2D eigenvalue weighted by molar-refractivity contribution is 7.25. The third kappa shape index (κ3) is 15.2. The molecule has 0 bridgehead atoms.